The van der Waals surface area contributed by atoms with Gasteiger partial charge in [0.25, 0.3) is 0 Å². The highest BCUT2D eigenvalue weighted by atomic mass is 16.5. The topological polar surface area (TPSA) is 70.6 Å². The third-order valence-corrected chi connectivity index (χ3v) is 7.52. The normalized spacial score (nSPS) is 21.9. The molecule has 3 aliphatic rings. The van der Waals surface area contributed by atoms with Crippen molar-refractivity contribution < 1.29 is 9.53 Å². The zero-order chi connectivity index (χ0) is 22.8. The summed E-state index contributed by atoms with van der Waals surface area (Å²) >= 11 is 0. The molecular weight excluding hydrogens is 414 g/mol. The van der Waals surface area contributed by atoms with Gasteiger partial charge in [0.15, 0.2) is 0 Å². The third-order valence-electron chi connectivity index (χ3n) is 7.52. The lowest BCUT2D eigenvalue weighted by Gasteiger charge is -2.39. The van der Waals surface area contributed by atoms with Gasteiger partial charge in [-0.15, -0.1) is 0 Å². The number of carbonyl (C=O) groups excluding carboxylic acids is 1. The number of ether oxygens (including phenoxy) is 1. The molecule has 1 atom stereocenters. The molecule has 2 aromatic rings. The van der Waals surface area contributed by atoms with E-state index in [9.17, 15) is 4.79 Å². The number of anilines is 1. The minimum absolute atomic E-state index is 0.132. The van der Waals surface area contributed by atoms with Crippen LogP contribution < -0.4 is 15.0 Å². The second-order valence-corrected chi connectivity index (χ2v) is 9.60. The van der Waals surface area contributed by atoms with Gasteiger partial charge in [-0.1, -0.05) is 12.1 Å². The molecule has 7 nitrogen and oxygen atoms in total. The number of benzene rings is 1. The fourth-order valence-electron chi connectivity index (χ4n) is 5.56. The van der Waals surface area contributed by atoms with Gasteiger partial charge in [0.05, 0.1) is 13.5 Å². The molecule has 2 saturated heterocycles. The highest BCUT2D eigenvalue weighted by Crippen LogP contribution is 2.33. The molecule has 0 unspecified atom stereocenters. The summed E-state index contributed by atoms with van der Waals surface area (Å²) in [7, 11) is 1.67. The average Bonchev–Trinajstić information content (AvgIpc) is 3.19. The van der Waals surface area contributed by atoms with Gasteiger partial charge >= 0.3 is 0 Å². The lowest BCUT2D eigenvalue weighted by Crippen LogP contribution is -2.47. The van der Waals surface area contributed by atoms with Crippen molar-refractivity contribution in [3.8, 4) is 5.75 Å². The Labute approximate surface area is 196 Å². The first-order valence-corrected chi connectivity index (χ1v) is 12.4. The molecule has 0 bridgehead atoms. The Balaban J connectivity index is 1.32. The molecule has 0 saturated carbocycles. The van der Waals surface area contributed by atoms with E-state index in [2.05, 4.69) is 22.3 Å². The summed E-state index contributed by atoms with van der Waals surface area (Å²) in [5, 5.41) is 3.48. The van der Waals surface area contributed by atoms with Crippen LogP contribution in [0.25, 0.3) is 0 Å². The van der Waals surface area contributed by atoms with E-state index >= 15 is 0 Å². The van der Waals surface area contributed by atoms with Gasteiger partial charge in [0.1, 0.15) is 17.4 Å². The van der Waals surface area contributed by atoms with Crippen molar-refractivity contribution in [2.75, 3.05) is 44.7 Å². The van der Waals surface area contributed by atoms with Crippen LogP contribution in [-0.2, 0) is 17.6 Å². The average molecular weight is 450 g/mol. The largest absolute Gasteiger partial charge is 0.497 e. The van der Waals surface area contributed by atoms with E-state index in [4.69, 9.17) is 14.7 Å². The number of nitrogens with zero attached hydrogens (tertiary/aromatic N) is 4. The summed E-state index contributed by atoms with van der Waals surface area (Å²) in [5.74, 6) is 3.09. The summed E-state index contributed by atoms with van der Waals surface area (Å²) in [5.41, 5.74) is 3.16. The van der Waals surface area contributed by atoms with Crippen LogP contribution in [0.3, 0.4) is 0 Å². The smallest absolute Gasteiger partial charge is 0.232 e. The molecule has 5 rings (SSSR count). The van der Waals surface area contributed by atoms with Crippen molar-refractivity contribution in [1.29, 1.82) is 0 Å². The van der Waals surface area contributed by atoms with E-state index in [1.807, 2.05) is 24.0 Å². The number of hydrogen-bond donors (Lipinski definition) is 1. The van der Waals surface area contributed by atoms with Crippen molar-refractivity contribution in [1.82, 2.24) is 20.2 Å². The molecule has 2 fully saturated rings. The lowest BCUT2D eigenvalue weighted by atomic mass is 9.93. The van der Waals surface area contributed by atoms with Crippen molar-refractivity contribution in [3.63, 3.8) is 0 Å². The van der Waals surface area contributed by atoms with Crippen LogP contribution in [0, 0.1) is 6.92 Å². The minimum atomic E-state index is 0.132. The second kappa shape index (κ2) is 9.77. The standard InChI is InChI=1S/C26H35N5O2/c1-18-23-16-24(32)31(15-11-19-5-7-22(33-2)8-6-19)26(23)29-25(28-18)20-4-3-14-30(17-20)21-9-12-27-13-10-21/h5-8,20-21,27H,3-4,9-17H2,1-2H3/t20-/m0/s1. The number of methoxy groups -OCH3 is 1. The van der Waals surface area contributed by atoms with E-state index in [0.29, 0.717) is 24.9 Å². The highest BCUT2D eigenvalue weighted by Gasteiger charge is 2.34. The molecule has 0 radical (unpaired) electrons. The van der Waals surface area contributed by atoms with Crippen LogP contribution in [0.4, 0.5) is 5.82 Å². The number of amides is 1. The number of likely N-dealkylation sites (tertiary alicyclic amines) is 1. The summed E-state index contributed by atoms with van der Waals surface area (Å²) in [6.07, 6.45) is 5.97. The highest BCUT2D eigenvalue weighted by molar-refractivity contribution is 6.00. The van der Waals surface area contributed by atoms with Crippen molar-refractivity contribution in [2.45, 2.75) is 57.4 Å². The van der Waals surface area contributed by atoms with Gasteiger partial charge in [-0.05, 0) is 76.4 Å². The van der Waals surface area contributed by atoms with Crippen molar-refractivity contribution in [2.24, 2.45) is 0 Å². The molecule has 1 amide bonds. The first-order chi connectivity index (χ1) is 16.1. The summed E-state index contributed by atoms with van der Waals surface area (Å²) < 4.78 is 5.25. The molecule has 1 aromatic carbocycles. The summed E-state index contributed by atoms with van der Waals surface area (Å²) in [4.78, 5) is 27.4. The first kappa shape index (κ1) is 22.3. The number of rotatable bonds is 6. The number of hydrogen-bond acceptors (Lipinski definition) is 6. The van der Waals surface area contributed by atoms with Crippen LogP contribution in [0.15, 0.2) is 24.3 Å². The zero-order valence-electron chi connectivity index (χ0n) is 19.8. The predicted octanol–water partition coefficient (Wildman–Crippen LogP) is 2.86. The molecule has 176 valence electrons. The maximum Gasteiger partial charge on any atom is 0.232 e. The Kier molecular flexibility index (Phi) is 6.60. The first-order valence-electron chi connectivity index (χ1n) is 12.4. The Morgan fingerprint density at radius 1 is 1.12 bits per heavy atom. The van der Waals surface area contributed by atoms with Crippen LogP contribution in [0.5, 0.6) is 5.75 Å². The minimum Gasteiger partial charge on any atom is -0.497 e. The number of carbonyl (C=O) groups is 1. The zero-order valence-corrected chi connectivity index (χ0v) is 19.8. The van der Waals surface area contributed by atoms with E-state index in [1.54, 1.807) is 7.11 Å². The second-order valence-electron chi connectivity index (χ2n) is 9.60. The van der Waals surface area contributed by atoms with Gasteiger partial charge in [-0.3, -0.25) is 14.6 Å². The Hall–Kier alpha value is -2.51. The van der Waals surface area contributed by atoms with Crippen LogP contribution in [0.2, 0.25) is 0 Å². The van der Waals surface area contributed by atoms with Gasteiger partial charge in [0.2, 0.25) is 5.91 Å². The molecule has 0 aliphatic carbocycles. The van der Waals surface area contributed by atoms with Crippen molar-refractivity contribution >= 4 is 11.7 Å². The maximum atomic E-state index is 12.9. The number of nitrogens with one attached hydrogen (secondary N) is 1. The molecule has 33 heavy (non-hydrogen) atoms. The number of aromatic nitrogens is 2. The Morgan fingerprint density at radius 3 is 2.67 bits per heavy atom. The lowest BCUT2D eigenvalue weighted by molar-refractivity contribution is -0.117. The van der Waals surface area contributed by atoms with E-state index in [1.165, 1.54) is 31.4 Å². The molecule has 0 spiro atoms. The van der Waals surface area contributed by atoms with Crippen LogP contribution >= 0.6 is 0 Å². The molecule has 7 heteroatoms. The quantitative estimate of drug-likeness (QED) is 0.731. The van der Waals surface area contributed by atoms with E-state index in [0.717, 1.165) is 61.1 Å². The number of fused-ring (bicyclic) bond motifs is 1. The molecule has 3 aliphatic heterocycles. The maximum absolute atomic E-state index is 12.9. The fourth-order valence-corrected chi connectivity index (χ4v) is 5.56. The summed E-state index contributed by atoms with van der Waals surface area (Å²) in [6.45, 7) is 7.12. The van der Waals surface area contributed by atoms with Gasteiger partial charge in [-0.2, -0.15) is 0 Å². The fraction of sp³-hybridized carbons (Fsp3) is 0.577. The van der Waals surface area contributed by atoms with E-state index < -0.39 is 0 Å². The van der Waals surface area contributed by atoms with E-state index in [-0.39, 0.29) is 5.91 Å². The predicted molar refractivity (Wildman–Crippen MR) is 129 cm³/mol. The molecule has 1 aromatic heterocycles. The molecular formula is C26H35N5O2. The third kappa shape index (κ3) is 4.75. The Morgan fingerprint density at radius 2 is 1.91 bits per heavy atom. The molecule has 1 N–H and O–H groups in total. The molecule has 4 heterocycles. The van der Waals surface area contributed by atoms with Gasteiger partial charge < -0.3 is 10.1 Å². The number of piperidine rings is 2. The summed E-state index contributed by atoms with van der Waals surface area (Å²) in [6, 6.07) is 8.74. The van der Waals surface area contributed by atoms with Gasteiger partial charge in [-0.25, -0.2) is 9.97 Å². The van der Waals surface area contributed by atoms with Crippen LogP contribution in [0.1, 0.15) is 54.2 Å². The number of aryl methyl sites for hydroxylation is 1. The SMILES string of the molecule is COc1ccc(CCN2C(=O)Cc3c(C)nc([C@H]4CCCN(C5CCNCC5)C4)nc32)cc1. The van der Waals surface area contributed by atoms with Gasteiger partial charge in [0, 0.05) is 36.3 Å². The Bertz CT molecular complexity index is 987. The van der Waals surface area contributed by atoms with Crippen LogP contribution in [-0.4, -0.2) is 66.7 Å². The monoisotopic (exact) mass is 449 g/mol. The van der Waals surface area contributed by atoms with Crippen molar-refractivity contribution in [3.05, 3.63) is 46.9 Å².